The standard InChI is InChI=1S/C13H18F3N5/c1-4-21-12(13(14,15)16)5-11(19-21)7-17-6-10-8-20(3)18-9(10)2/h5,8,17H,4,6-7H2,1-3H3. The first kappa shape index (κ1) is 15.6. The molecule has 0 spiro atoms. The molecule has 0 bridgehead atoms. The van der Waals surface area contributed by atoms with Crippen molar-refractivity contribution in [2.75, 3.05) is 0 Å². The van der Waals surface area contributed by atoms with Gasteiger partial charge in [-0.1, -0.05) is 0 Å². The molecule has 5 nitrogen and oxygen atoms in total. The van der Waals surface area contributed by atoms with Gasteiger partial charge in [-0.2, -0.15) is 23.4 Å². The molecule has 2 aromatic rings. The van der Waals surface area contributed by atoms with Crippen LogP contribution < -0.4 is 5.32 Å². The first-order valence-electron chi connectivity index (χ1n) is 6.65. The second-order valence-electron chi connectivity index (χ2n) is 4.85. The highest BCUT2D eigenvalue weighted by Gasteiger charge is 2.35. The number of hydrogen-bond acceptors (Lipinski definition) is 3. The Bertz CT molecular complexity index is 612. The predicted octanol–water partition coefficient (Wildman–Crippen LogP) is 2.25. The molecule has 21 heavy (non-hydrogen) atoms. The topological polar surface area (TPSA) is 47.7 Å². The van der Waals surface area contributed by atoms with Crippen molar-refractivity contribution in [3.05, 3.63) is 34.9 Å². The van der Waals surface area contributed by atoms with Crippen molar-refractivity contribution in [2.24, 2.45) is 7.05 Å². The van der Waals surface area contributed by atoms with Crippen molar-refractivity contribution >= 4 is 0 Å². The fourth-order valence-corrected chi connectivity index (χ4v) is 2.17. The van der Waals surface area contributed by atoms with Gasteiger partial charge in [0.05, 0.1) is 11.4 Å². The Morgan fingerprint density at radius 1 is 1.24 bits per heavy atom. The van der Waals surface area contributed by atoms with Crippen LogP contribution in [0.3, 0.4) is 0 Å². The van der Waals surface area contributed by atoms with E-state index in [1.54, 1.807) is 11.6 Å². The highest BCUT2D eigenvalue weighted by Crippen LogP contribution is 2.29. The van der Waals surface area contributed by atoms with E-state index in [0.29, 0.717) is 12.2 Å². The average molecular weight is 301 g/mol. The minimum Gasteiger partial charge on any atom is -0.307 e. The molecule has 0 unspecified atom stereocenters. The van der Waals surface area contributed by atoms with E-state index in [1.807, 2.05) is 20.2 Å². The molecule has 0 aliphatic rings. The molecule has 0 saturated heterocycles. The SMILES string of the molecule is CCn1nc(CNCc2cn(C)nc2C)cc1C(F)(F)F. The summed E-state index contributed by atoms with van der Waals surface area (Å²) in [6.45, 7) is 4.55. The lowest BCUT2D eigenvalue weighted by atomic mass is 10.2. The maximum absolute atomic E-state index is 12.8. The number of nitrogens with one attached hydrogen (secondary N) is 1. The van der Waals surface area contributed by atoms with Gasteiger partial charge < -0.3 is 5.32 Å². The van der Waals surface area contributed by atoms with Crippen LogP contribution in [0.25, 0.3) is 0 Å². The molecule has 0 radical (unpaired) electrons. The van der Waals surface area contributed by atoms with E-state index in [0.717, 1.165) is 22.0 Å². The van der Waals surface area contributed by atoms with Crippen LogP contribution in [-0.4, -0.2) is 19.6 Å². The van der Waals surface area contributed by atoms with Crippen molar-refractivity contribution in [2.45, 2.75) is 39.7 Å². The van der Waals surface area contributed by atoms with Crippen LogP contribution in [0.2, 0.25) is 0 Å². The van der Waals surface area contributed by atoms with Gasteiger partial charge >= 0.3 is 6.18 Å². The zero-order chi connectivity index (χ0) is 15.6. The van der Waals surface area contributed by atoms with Gasteiger partial charge in [0, 0.05) is 38.4 Å². The van der Waals surface area contributed by atoms with Gasteiger partial charge in [-0.25, -0.2) is 0 Å². The lowest BCUT2D eigenvalue weighted by Gasteiger charge is -2.07. The van der Waals surface area contributed by atoms with Crippen molar-refractivity contribution in [1.29, 1.82) is 0 Å². The molecular formula is C13H18F3N5. The van der Waals surface area contributed by atoms with Gasteiger partial charge in [0.2, 0.25) is 0 Å². The Kier molecular flexibility index (Phi) is 4.36. The summed E-state index contributed by atoms with van der Waals surface area (Å²) in [4.78, 5) is 0. The number of alkyl halides is 3. The minimum absolute atomic E-state index is 0.191. The molecule has 0 aliphatic carbocycles. The largest absolute Gasteiger partial charge is 0.433 e. The highest BCUT2D eigenvalue weighted by molar-refractivity contribution is 5.16. The Morgan fingerprint density at radius 3 is 2.43 bits per heavy atom. The minimum atomic E-state index is -4.37. The molecular weight excluding hydrogens is 283 g/mol. The van der Waals surface area contributed by atoms with Crippen molar-refractivity contribution < 1.29 is 13.2 Å². The lowest BCUT2D eigenvalue weighted by Crippen LogP contribution is -2.14. The molecule has 0 atom stereocenters. The number of halogens is 3. The maximum atomic E-state index is 12.8. The van der Waals surface area contributed by atoms with Crippen LogP contribution in [0.1, 0.15) is 29.6 Å². The third kappa shape index (κ3) is 3.63. The highest BCUT2D eigenvalue weighted by atomic mass is 19.4. The average Bonchev–Trinajstić information content (AvgIpc) is 2.93. The van der Waals surface area contributed by atoms with Gasteiger partial charge in [-0.05, 0) is 19.9 Å². The third-order valence-corrected chi connectivity index (χ3v) is 3.16. The summed E-state index contributed by atoms with van der Waals surface area (Å²) in [5, 5.41) is 11.3. The molecule has 0 aromatic carbocycles. The van der Waals surface area contributed by atoms with Gasteiger partial charge in [-0.3, -0.25) is 9.36 Å². The Labute approximate surface area is 120 Å². The normalized spacial score (nSPS) is 12.1. The van der Waals surface area contributed by atoms with Gasteiger partial charge in [0.25, 0.3) is 0 Å². The number of aryl methyl sites for hydroxylation is 3. The second-order valence-corrected chi connectivity index (χ2v) is 4.85. The molecule has 8 heteroatoms. The van der Waals surface area contributed by atoms with Gasteiger partial charge in [0.15, 0.2) is 0 Å². The summed E-state index contributed by atoms with van der Waals surface area (Å²) in [5.41, 5.74) is 1.59. The van der Waals surface area contributed by atoms with E-state index in [1.165, 1.54) is 0 Å². The monoisotopic (exact) mass is 301 g/mol. The van der Waals surface area contributed by atoms with Crippen molar-refractivity contribution in [1.82, 2.24) is 24.9 Å². The maximum Gasteiger partial charge on any atom is 0.433 e. The van der Waals surface area contributed by atoms with E-state index in [4.69, 9.17) is 0 Å². The summed E-state index contributed by atoms with van der Waals surface area (Å²) < 4.78 is 41.1. The molecule has 0 aliphatic heterocycles. The van der Waals surface area contributed by atoms with Crippen LogP contribution >= 0.6 is 0 Å². The Balaban J connectivity index is 2.01. The third-order valence-electron chi connectivity index (χ3n) is 3.16. The molecule has 0 fully saturated rings. The first-order chi connectivity index (χ1) is 9.81. The lowest BCUT2D eigenvalue weighted by molar-refractivity contribution is -0.144. The predicted molar refractivity (Wildman–Crippen MR) is 71.4 cm³/mol. The van der Waals surface area contributed by atoms with E-state index in [9.17, 15) is 13.2 Å². The number of nitrogens with zero attached hydrogens (tertiary/aromatic N) is 4. The molecule has 0 amide bonds. The van der Waals surface area contributed by atoms with Gasteiger partial charge in [-0.15, -0.1) is 0 Å². The number of rotatable bonds is 5. The van der Waals surface area contributed by atoms with E-state index >= 15 is 0 Å². The fourth-order valence-electron chi connectivity index (χ4n) is 2.17. The van der Waals surface area contributed by atoms with Crippen LogP contribution in [0.15, 0.2) is 12.3 Å². The second kappa shape index (κ2) is 5.88. The molecule has 1 N–H and O–H groups in total. The smallest absolute Gasteiger partial charge is 0.307 e. The summed E-state index contributed by atoms with van der Waals surface area (Å²) in [7, 11) is 1.83. The van der Waals surface area contributed by atoms with Crippen LogP contribution in [-0.2, 0) is 32.9 Å². The van der Waals surface area contributed by atoms with Crippen molar-refractivity contribution in [3.63, 3.8) is 0 Å². The van der Waals surface area contributed by atoms with Crippen molar-refractivity contribution in [3.8, 4) is 0 Å². The molecule has 2 aromatic heterocycles. The Hall–Kier alpha value is -1.83. The summed E-state index contributed by atoms with van der Waals surface area (Å²) >= 11 is 0. The van der Waals surface area contributed by atoms with Crippen LogP contribution in [0.5, 0.6) is 0 Å². The molecule has 0 saturated carbocycles. The summed E-state index contributed by atoms with van der Waals surface area (Å²) in [5.74, 6) is 0. The molecule has 2 rings (SSSR count). The zero-order valence-corrected chi connectivity index (χ0v) is 12.2. The molecule has 116 valence electrons. The van der Waals surface area contributed by atoms with E-state index < -0.39 is 11.9 Å². The molecule has 2 heterocycles. The summed E-state index contributed by atoms with van der Waals surface area (Å²) in [6, 6.07) is 1.09. The zero-order valence-electron chi connectivity index (χ0n) is 12.2. The van der Waals surface area contributed by atoms with E-state index in [-0.39, 0.29) is 13.1 Å². The van der Waals surface area contributed by atoms with Crippen LogP contribution in [0.4, 0.5) is 13.2 Å². The number of hydrogen-bond donors (Lipinski definition) is 1. The Morgan fingerprint density at radius 2 is 1.95 bits per heavy atom. The fraction of sp³-hybridized carbons (Fsp3) is 0.538. The van der Waals surface area contributed by atoms with E-state index in [2.05, 4.69) is 15.5 Å². The quantitative estimate of drug-likeness (QED) is 0.921. The first-order valence-corrected chi connectivity index (χ1v) is 6.65. The number of aromatic nitrogens is 4. The van der Waals surface area contributed by atoms with Gasteiger partial charge in [0.1, 0.15) is 5.69 Å². The van der Waals surface area contributed by atoms with Crippen LogP contribution in [0, 0.1) is 6.92 Å². The summed E-state index contributed by atoms with van der Waals surface area (Å²) in [6.07, 6.45) is -2.49.